The standard InChI is InChI=1S/C12H17NO5/c13-12(16)10-7-9(1-2-11(10)15)8-18-6-5-17-4-3-14/h1-2,7,14-15H,3-6,8H2,(H2,13,16). The van der Waals surface area contributed by atoms with Crippen LogP contribution in [0, 0.1) is 0 Å². The van der Waals surface area contributed by atoms with Crippen molar-refractivity contribution in [3.05, 3.63) is 29.3 Å². The van der Waals surface area contributed by atoms with Crippen molar-refractivity contribution in [3.63, 3.8) is 0 Å². The van der Waals surface area contributed by atoms with E-state index in [4.69, 9.17) is 20.3 Å². The Kier molecular flexibility index (Phi) is 6.13. The van der Waals surface area contributed by atoms with Crippen LogP contribution in [0.4, 0.5) is 0 Å². The molecule has 1 amide bonds. The summed E-state index contributed by atoms with van der Waals surface area (Å²) in [4.78, 5) is 11.0. The number of aliphatic hydroxyl groups excluding tert-OH is 1. The van der Waals surface area contributed by atoms with Crippen LogP contribution < -0.4 is 5.73 Å². The van der Waals surface area contributed by atoms with Gasteiger partial charge in [-0.2, -0.15) is 0 Å². The Labute approximate surface area is 105 Å². The quantitative estimate of drug-likeness (QED) is 0.568. The molecule has 6 nitrogen and oxygen atoms in total. The molecule has 0 bridgehead atoms. The van der Waals surface area contributed by atoms with Crippen LogP contribution in [0.2, 0.25) is 0 Å². The Hall–Kier alpha value is -1.63. The number of carbonyl (C=O) groups excluding carboxylic acids is 1. The van der Waals surface area contributed by atoms with Crippen molar-refractivity contribution < 1.29 is 24.5 Å². The molecule has 1 rings (SSSR count). The fourth-order valence-electron chi connectivity index (χ4n) is 1.34. The maximum atomic E-state index is 11.0. The molecule has 6 heteroatoms. The second-order valence-corrected chi connectivity index (χ2v) is 3.60. The third-order valence-electron chi connectivity index (χ3n) is 2.20. The third-order valence-corrected chi connectivity index (χ3v) is 2.20. The number of hydrogen-bond acceptors (Lipinski definition) is 5. The van der Waals surface area contributed by atoms with Crippen LogP contribution in [0.1, 0.15) is 15.9 Å². The summed E-state index contributed by atoms with van der Waals surface area (Å²) in [6.07, 6.45) is 0. The predicted octanol–water partition coefficient (Wildman–Crippen LogP) is 0.0166. The summed E-state index contributed by atoms with van der Waals surface area (Å²) >= 11 is 0. The highest BCUT2D eigenvalue weighted by atomic mass is 16.5. The van der Waals surface area contributed by atoms with E-state index in [9.17, 15) is 9.90 Å². The summed E-state index contributed by atoms with van der Waals surface area (Å²) in [5.74, 6) is -0.821. The van der Waals surface area contributed by atoms with E-state index in [1.165, 1.54) is 12.1 Å². The lowest BCUT2D eigenvalue weighted by atomic mass is 10.1. The molecular weight excluding hydrogens is 238 g/mol. The number of carbonyl (C=O) groups is 1. The second-order valence-electron chi connectivity index (χ2n) is 3.60. The van der Waals surface area contributed by atoms with E-state index in [-0.39, 0.29) is 24.5 Å². The maximum absolute atomic E-state index is 11.0. The van der Waals surface area contributed by atoms with Gasteiger partial charge in [-0.05, 0) is 17.7 Å². The SMILES string of the molecule is NC(=O)c1cc(COCCOCCO)ccc1O. The number of rotatable bonds is 8. The van der Waals surface area contributed by atoms with Gasteiger partial charge in [0, 0.05) is 0 Å². The Bertz CT molecular complexity index is 394. The van der Waals surface area contributed by atoms with Crippen LogP contribution in [0.5, 0.6) is 5.75 Å². The van der Waals surface area contributed by atoms with Crippen molar-refractivity contribution in [3.8, 4) is 5.75 Å². The summed E-state index contributed by atoms with van der Waals surface area (Å²) in [7, 11) is 0. The van der Waals surface area contributed by atoms with E-state index >= 15 is 0 Å². The molecule has 0 radical (unpaired) electrons. The second kappa shape index (κ2) is 7.65. The minimum Gasteiger partial charge on any atom is -0.507 e. The summed E-state index contributed by atoms with van der Waals surface area (Å²) in [5, 5.41) is 17.9. The van der Waals surface area contributed by atoms with Crippen LogP contribution in [-0.2, 0) is 16.1 Å². The molecule has 100 valence electrons. The topological polar surface area (TPSA) is 102 Å². The van der Waals surface area contributed by atoms with Crippen LogP contribution in [-0.4, -0.2) is 42.5 Å². The fourth-order valence-corrected chi connectivity index (χ4v) is 1.34. The smallest absolute Gasteiger partial charge is 0.252 e. The Morgan fingerprint density at radius 3 is 2.61 bits per heavy atom. The first-order valence-corrected chi connectivity index (χ1v) is 5.53. The number of aliphatic hydroxyl groups is 1. The lowest BCUT2D eigenvalue weighted by Gasteiger charge is -2.07. The van der Waals surface area contributed by atoms with E-state index < -0.39 is 5.91 Å². The van der Waals surface area contributed by atoms with Gasteiger partial charge in [-0.3, -0.25) is 4.79 Å². The molecule has 0 atom stereocenters. The van der Waals surface area contributed by atoms with Crippen LogP contribution in [0.15, 0.2) is 18.2 Å². The Morgan fingerprint density at radius 1 is 1.22 bits per heavy atom. The molecule has 0 spiro atoms. The number of nitrogens with two attached hydrogens (primary N) is 1. The van der Waals surface area contributed by atoms with E-state index in [1.54, 1.807) is 6.07 Å². The van der Waals surface area contributed by atoms with Gasteiger partial charge in [-0.1, -0.05) is 6.07 Å². The van der Waals surface area contributed by atoms with Crippen molar-refractivity contribution in [2.45, 2.75) is 6.61 Å². The van der Waals surface area contributed by atoms with Crippen molar-refractivity contribution in [2.75, 3.05) is 26.4 Å². The fraction of sp³-hybridized carbons (Fsp3) is 0.417. The minimum absolute atomic E-state index is 0.0140. The summed E-state index contributed by atoms with van der Waals surface area (Å²) in [6, 6.07) is 4.55. The van der Waals surface area contributed by atoms with E-state index in [0.717, 1.165) is 5.56 Å². The molecule has 0 aliphatic rings. The van der Waals surface area contributed by atoms with Crippen LogP contribution >= 0.6 is 0 Å². The number of ether oxygens (including phenoxy) is 2. The highest BCUT2D eigenvalue weighted by molar-refractivity contribution is 5.95. The van der Waals surface area contributed by atoms with Gasteiger partial charge in [0.1, 0.15) is 5.75 Å². The lowest BCUT2D eigenvalue weighted by Crippen LogP contribution is -2.12. The number of benzene rings is 1. The number of primary amides is 1. The van der Waals surface area contributed by atoms with E-state index in [2.05, 4.69) is 0 Å². The Morgan fingerprint density at radius 2 is 1.94 bits per heavy atom. The van der Waals surface area contributed by atoms with Crippen molar-refractivity contribution >= 4 is 5.91 Å². The molecule has 0 aliphatic carbocycles. The van der Waals surface area contributed by atoms with Gasteiger partial charge in [0.2, 0.25) is 0 Å². The summed E-state index contributed by atoms with van der Waals surface area (Å²) in [6.45, 7) is 1.34. The third kappa shape index (κ3) is 4.70. The van der Waals surface area contributed by atoms with E-state index in [0.29, 0.717) is 19.8 Å². The number of hydrogen-bond donors (Lipinski definition) is 3. The molecule has 0 unspecified atom stereocenters. The monoisotopic (exact) mass is 255 g/mol. The van der Waals surface area contributed by atoms with Crippen LogP contribution in [0.3, 0.4) is 0 Å². The van der Waals surface area contributed by atoms with Crippen molar-refractivity contribution in [1.29, 1.82) is 0 Å². The molecule has 1 aromatic carbocycles. The molecule has 18 heavy (non-hydrogen) atoms. The van der Waals surface area contributed by atoms with Crippen molar-refractivity contribution in [1.82, 2.24) is 0 Å². The molecule has 0 fully saturated rings. The average Bonchev–Trinajstić information content (AvgIpc) is 2.35. The van der Waals surface area contributed by atoms with Gasteiger partial charge in [0.25, 0.3) is 5.91 Å². The van der Waals surface area contributed by atoms with Gasteiger partial charge in [0.15, 0.2) is 0 Å². The summed E-state index contributed by atoms with van der Waals surface area (Å²) in [5.41, 5.74) is 5.93. The Balaban J connectivity index is 2.38. The molecule has 1 aromatic rings. The zero-order valence-electron chi connectivity index (χ0n) is 9.96. The zero-order valence-corrected chi connectivity index (χ0v) is 9.96. The maximum Gasteiger partial charge on any atom is 0.252 e. The number of aromatic hydroxyl groups is 1. The first kappa shape index (κ1) is 14.4. The molecule has 0 saturated heterocycles. The highest BCUT2D eigenvalue weighted by Gasteiger charge is 2.08. The summed E-state index contributed by atoms with van der Waals surface area (Å²) < 4.78 is 10.3. The largest absolute Gasteiger partial charge is 0.507 e. The number of phenols is 1. The highest BCUT2D eigenvalue weighted by Crippen LogP contribution is 2.18. The molecule has 0 heterocycles. The van der Waals surface area contributed by atoms with E-state index in [1.807, 2.05) is 0 Å². The molecule has 0 saturated carbocycles. The van der Waals surface area contributed by atoms with Crippen LogP contribution in [0.25, 0.3) is 0 Å². The molecule has 4 N–H and O–H groups in total. The average molecular weight is 255 g/mol. The molecular formula is C12H17NO5. The minimum atomic E-state index is -0.680. The zero-order chi connectivity index (χ0) is 13.4. The van der Waals surface area contributed by atoms with Gasteiger partial charge < -0.3 is 25.4 Å². The van der Waals surface area contributed by atoms with Gasteiger partial charge in [-0.15, -0.1) is 0 Å². The predicted molar refractivity (Wildman–Crippen MR) is 64.2 cm³/mol. The number of amides is 1. The molecule has 0 aromatic heterocycles. The lowest BCUT2D eigenvalue weighted by molar-refractivity contribution is 0.0274. The first-order valence-electron chi connectivity index (χ1n) is 5.53. The van der Waals surface area contributed by atoms with Gasteiger partial charge in [-0.25, -0.2) is 0 Å². The van der Waals surface area contributed by atoms with Crippen molar-refractivity contribution in [2.24, 2.45) is 5.73 Å². The van der Waals surface area contributed by atoms with Gasteiger partial charge >= 0.3 is 0 Å². The molecule has 0 aliphatic heterocycles. The first-order chi connectivity index (χ1) is 8.65. The normalized spacial score (nSPS) is 10.5. The van der Waals surface area contributed by atoms with Gasteiger partial charge in [0.05, 0.1) is 38.6 Å².